The number of aryl methyl sites for hydroxylation is 2. The molecule has 0 spiro atoms. The molecule has 0 atom stereocenters. The summed E-state index contributed by atoms with van der Waals surface area (Å²) in [5, 5.41) is 2.79. The lowest BCUT2D eigenvalue weighted by molar-refractivity contribution is -0.120. The van der Waals surface area contributed by atoms with Crippen LogP contribution in [0, 0.1) is 13.8 Å². The van der Waals surface area contributed by atoms with Crippen LogP contribution in [0.4, 0.5) is 11.4 Å². The number of rotatable bonds is 4. The highest BCUT2D eigenvalue weighted by molar-refractivity contribution is 6.53. The van der Waals surface area contributed by atoms with Gasteiger partial charge in [-0.3, -0.25) is 9.59 Å². The van der Waals surface area contributed by atoms with Gasteiger partial charge in [0, 0.05) is 0 Å². The van der Waals surface area contributed by atoms with Crippen LogP contribution in [0.1, 0.15) is 11.1 Å². The highest BCUT2D eigenvalue weighted by Gasteiger charge is 2.39. The minimum Gasteiger partial charge on any atom is -0.495 e. The van der Waals surface area contributed by atoms with E-state index in [1.54, 1.807) is 24.3 Å². The van der Waals surface area contributed by atoms with Crippen molar-refractivity contribution in [2.45, 2.75) is 13.8 Å². The van der Waals surface area contributed by atoms with Crippen LogP contribution < -0.4 is 15.0 Å². The predicted octanol–water partition coefficient (Wildman–Crippen LogP) is 3.75. The zero-order chi connectivity index (χ0) is 18.1. The topological polar surface area (TPSA) is 58.6 Å². The fourth-order valence-corrected chi connectivity index (χ4v) is 2.98. The number of amides is 2. The van der Waals surface area contributed by atoms with Gasteiger partial charge in [0.2, 0.25) is 0 Å². The number of carbonyl (C=O) groups excluding carboxylic acids is 2. The number of benzene rings is 2. The number of carbonyl (C=O) groups is 2. The third-order valence-corrected chi connectivity index (χ3v) is 4.34. The second kappa shape index (κ2) is 6.61. The van der Waals surface area contributed by atoms with E-state index in [9.17, 15) is 9.59 Å². The first-order valence-electron chi connectivity index (χ1n) is 7.70. The van der Waals surface area contributed by atoms with E-state index in [-0.39, 0.29) is 10.7 Å². The lowest BCUT2D eigenvalue weighted by atomic mass is 10.1. The van der Waals surface area contributed by atoms with Gasteiger partial charge in [0.05, 0.1) is 18.5 Å². The number of hydrogen-bond acceptors (Lipinski definition) is 4. The highest BCUT2D eigenvalue weighted by atomic mass is 35.5. The smallest absolute Gasteiger partial charge is 0.283 e. The molecular formula is C19H17ClN2O3. The molecule has 0 saturated heterocycles. The van der Waals surface area contributed by atoms with E-state index in [0.717, 1.165) is 16.0 Å². The molecule has 1 aliphatic rings. The Kier molecular flexibility index (Phi) is 4.51. The maximum atomic E-state index is 12.8. The Morgan fingerprint density at radius 1 is 1.04 bits per heavy atom. The Hall–Kier alpha value is -2.79. The molecular weight excluding hydrogens is 340 g/mol. The molecule has 0 saturated carbocycles. The normalized spacial score (nSPS) is 14.3. The minimum atomic E-state index is -0.545. The summed E-state index contributed by atoms with van der Waals surface area (Å²) in [7, 11) is 1.53. The van der Waals surface area contributed by atoms with Crippen LogP contribution in [0.15, 0.2) is 53.2 Å². The summed E-state index contributed by atoms with van der Waals surface area (Å²) in [6, 6.07) is 12.6. The number of para-hydroxylation sites is 2. The van der Waals surface area contributed by atoms with Crippen molar-refractivity contribution in [3.63, 3.8) is 0 Å². The number of nitrogens with zero attached hydrogens (tertiary/aromatic N) is 1. The molecule has 0 bridgehead atoms. The van der Waals surface area contributed by atoms with Crippen LogP contribution in [0.3, 0.4) is 0 Å². The third-order valence-electron chi connectivity index (χ3n) is 3.99. The molecule has 2 aromatic carbocycles. The Morgan fingerprint density at radius 2 is 1.76 bits per heavy atom. The van der Waals surface area contributed by atoms with E-state index in [1.807, 2.05) is 32.0 Å². The summed E-state index contributed by atoms with van der Waals surface area (Å²) in [6.07, 6.45) is 0. The summed E-state index contributed by atoms with van der Waals surface area (Å²) in [4.78, 5) is 26.5. The van der Waals surface area contributed by atoms with Gasteiger partial charge in [0.1, 0.15) is 16.5 Å². The molecule has 0 unspecified atom stereocenters. The lowest BCUT2D eigenvalue weighted by Gasteiger charge is -2.18. The summed E-state index contributed by atoms with van der Waals surface area (Å²) < 4.78 is 5.26. The van der Waals surface area contributed by atoms with E-state index in [1.165, 1.54) is 7.11 Å². The number of hydrogen-bond donors (Lipinski definition) is 1. The fourth-order valence-electron chi connectivity index (χ4n) is 2.77. The number of halogens is 1. The predicted molar refractivity (Wildman–Crippen MR) is 97.9 cm³/mol. The summed E-state index contributed by atoms with van der Waals surface area (Å²) in [5.41, 5.74) is 2.99. The van der Waals surface area contributed by atoms with Crippen molar-refractivity contribution >= 4 is 34.8 Å². The van der Waals surface area contributed by atoms with Crippen molar-refractivity contribution < 1.29 is 14.3 Å². The summed E-state index contributed by atoms with van der Waals surface area (Å²) in [6.45, 7) is 3.80. The van der Waals surface area contributed by atoms with Gasteiger partial charge >= 0.3 is 0 Å². The molecule has 3 rings (SSSR count). The van der Waals surface area contributed by atoms with E-state index < -0.39 is 11.8 Å². The molecule has 0 aliphatic carbocycles. The van der Waals surface area contributed by atoms with Gasteiger partial charge < -0.3 is 10.1 Å². The van der Waals surface area contributed by atoms with Crippen LogP contribution in [0.25, 0.3) is 0 Å². The van der Waals surface area contributed by atoms with E-state index in [2.05, 4.69) is 5.32 Å². The number of methoxy groups -OCH3 is 1. The van der Waals surface area contributed by atoms with Crippen LogP contribution in [-0.2, 0) is 9.59 Å². The molecule has 1 aliphatic heterocycles. The Bertz CT molecular complexity index is 905. The number of imide groups is 1. The number of ether oxygens (including phenoxy) is 1. The quantitative estimate of drug-likeness (QED) is 0.848. The van der Waals surface area contributed by atoms with Crippen molar-refractivity contribution in [2.24, 2.45) is 0 Å². The molecule has 0 aromatic heterocycles. The van der Waals surface area contributed by atoms with Gasteiger partial charge in [-0.1, -0.05) is 41.4 Å². The van der Waals surface area contributed by atoms with Crippen LogP contribution >= 0.6 is 11.6 Å². The molecule has 1 heterocycles. The first-order valence-corrected chi connectivity index (χ1v) is 8.07. The number of anilines is 2. The van der Waals surface area contributed by atoms with Crippen molar-refractivity contribution in [2.75, 3.05) is 17.3 Å². The average molecular weight is 357 g/mol. The molecule has 128 valence electrons. The van der Waals surface area contributed by atoms with E-state index in [4.69, 9.17) is 16.3 Å². The lowest BCUT2D eigenvalue weighted by Crippen LogP contribution is -2.32. The minimum absolute atomic E-state index is 0.0381. The van der Waals surface area contributed by atoms with Crippen molar-refractivity contribution in [1.29, 1.82) is 0 Å². The Balaban J connectivity index is 1.97. The largest absolute Gasteiger partial charge is 0.495 e. The summed E-state index contributed by atoms with van der Waals surface area (Å²) in [5.74, 6) is -0.492. The SMILES string of the molecule is COc1ccccc1NC1=C(Cl)C(=O)N(c2ccc(C)cc2C)C1=O. The molecule has 0 radical (unpaired) electrons. The second-order valence-electron chi connectivity index (χ2n) is 5.75. The van der Waals surface area contributed by atoms with Crippen molar-refractivity contribution in [3.8, 4) is 5.75 Å². The molecule has 0 fully saturated rings. The van der Waals surface area contributed by atoms with Crippen molar-refractivity contribution in [3.05, 3.63) is 64.3 Å². The average Bonchev–Trinajstić information content (AvgIpc) is 2.80. The van der Waals surface area contributed by atoms with Crippen LogP contribution in [-0.4, -0.2) is 18.9 Å². The van der Waals surface area contributed by atoms with Gasteiger partial charge in [-0.2, -0.15) is 0 Å². The monoisotopic (exact) mass is 356 g/mol. The molecule has 2 amide bonds. The van der Waals surface area contributed by atoms with E-state index in [0.29, 0.717) is 17.1 Å². The van der Waals surface area contributed by atoms with Crippen LogP contribution in [0.5, 0.6) is 5.75 Å². The third kappa shape index (κ3) is 2.98. The van der Waals surface area contributed by atoms with Gasteiger partial charge in [0.15, 0.2) is 0 Å². The van der Waals surface area contributed by atoms with Gasteiger partial charge in [-0.25, -0.2) is 4.90 Å². The first kappa shape index (κ1) is 17.0. The fraction of sp³-hybridized carbons (Fsp3) is 0.158. The molecule has 25 heavy (non-hydrogen) atoms. The standard InChI is InChI=1S/C19H17ClN2O3/c1-11-8-9-14(12(2)10-11)22-18(23)16(20)17(19(22)24)21-13-6-4-5-7-15(13)25-3/h4-10,21H,1-3H3. The Morgan fingerprint density at radius 3 is 2.44 bits per heavy atom. The van der Waals surface area contributed by atoms with Crippen molar-refractivity contribution in [1.82, 2.24) is 0 Å². The molecule has 2 aromatic rings. The zero-order valence-corrected chi connectivity index (χ0v) is 14.8. The van der Waals surface area contributed by atoms with E-state index >= 15 is 0 Å². The maximum absolute atomic E-state index is 12.8. The Labute approximate surface area is 150 Å². The van der Waals surface area contributed by atoms with Gasteiger partial charge in [-0.05, 0) is 37.6 Å². The highest BCUT2D eigenvalue weighted by Crippen LogP contribution is 2.34. The zero-order valence-electron chi connectivity index (χ0n) is 14.1. The molecule has 5 nitrogen and oxygen atoms in total. The first-order chi connectivity index (χ1) is 11.9. The summed E-state index contributed by atoms with van der Waals surface area (Å²) >= 11 is 6.16. The maximum Gasteiger partial charge on any atom is 0.283 e. The number of nitrogens with one attached hydrogen (secondary N) is 1. The van der Waals surface area contributed by atoms with Crippen LogP contribution in [0.2, 0.25) is 0 Å². The second-order valence-corrected chi connectivity index (χ2v) is 6.13. The molecule has 1 N–H and O–H groups in total. The molecule has 6 heteroatoms. The van der Waals surface area contributed by atoms with Gasteiger partial charge in [-0.15, -0.1) is 0 Å². The van der Waals surface area contributed by atoms with Gasteiger partial charge in [0.25, 0.3) is 11.8 Å².